The zero-order valence-electron chi connectivity index (χ0n) is 18.9. The lowest BCUT2D eigenvalue weighted by Crippen LogP contribution is -2.50. The maximum atomic E-state index is 12.6. The van der Waals surface area contributed by atoms with Crippen LogP contribution in [-0.4, -0.2) is 21.4 Å². The summed E-state index contributed by atoms with van der Waals surface area (Å²) in [6.07, 6.45) is 0.886. The molecule has 0 fully saturated rings. The fraction of sp³-hybridized carbons (Fsp3) is 0.320. The molecule has 2 N–H and O–H groups in total. The zero-order chi connectivity index (χ0) is 23.2. The predicted octanol–water partition coefficient (Wildman–Crippen LogP) is 5.78. The molecule has 2 heterocycles. The minimum Gasteiger partial charge on any atom is -0.326 e. The summed E-state index contributed by atoms with van der Waals surface area (Å²) in [5, 5.41) is 3.75. The molecule has 7 heteroatoms. The van der Waals surface area contributed by atoms with Crippen molar-refractivity contribution in [3.8, 4) is 11.3 Å². The van der Waals surface area contributed by atoms with Crippen LogP contribution in [-0.2, 0) is 4.79 Å². The molecule has 0 spiro atoms. The Kier molecular flexibility index (Phi) is 5.59. The molecule has 0 saturated carbocycles. The van der Waals surface area contributed by atoms with Gasteiger partial charge in [0.15, 0.2) is 0 Å². The van der Waals surface area contributed by atoms with Crippen molar-refractivity contribution in [3.63, 3.8) is 0 Å². The van der Waals surface area contributed by atoms with E-state index in [4.69, 9.17) is 11.6 Å². The van der Waals surface area contributed by atoms with Crippen LogP contribution in [0.5, 0.6) is 0 Å². The number of nitrogens with zero attached hydrogens (tertiary/aromatic N) is 2. The highest BCUT2D eigenvalue weighted by Gasteiger charge is 2.39. The van der Waals surface area contributed by atoms with Crippen LogP contribution in [0.25, 0.3) is 11.3 Å². The number of carbonyl (C=O) groups is 1. The van der Waals surface area contributed by atoms with Crippen molar-refractivity contribution < 1.29 is 4.79 Å². The van der Waals surface area contributed by atoms with Gasteiger partial charge in [-0.15, -0.1) is 0 Å². The van der Waals surface area contributed by atoms with E-state index in [1.807, 2.05) is 30.0 Å². The molecular weight excluding hydrogens is 424 g/mol. The summed E-state index contributed by atoms with van der Waals surface area (Å²) >= 11 is 5.96. The van der Waals surface area contributed by atoms with Gasteiger partial charge in [-0.25, -0.2) is 4.98 Å². The average molecular weight is 451 g/mol. The summed E-state index contributed by atoms with van der Waals surface area (Å²) in [7, 11) is 0. The summed E-state index contributed by atoms with van der Waals surface area (Å²) in [5.74, 6) is 0.656. The van der Waals surface area contributed by atoms with Gasteiger partial charge in [-0.3, -0.25) is 14.6 Å². The number of benzene rings is 2. The molecule has 1 aromatic heterocycles. The van der Waals surface area contributed by atoms with Gasteiger partial charge in [0.05, 0.1) is 5.69 Å². The summed E-state index contributed by atoms with van der Waals surface area (Å²) in [6.45, 7) is 9.98. The maximum absolute atomic E-state index is 12.6. The average Bonchev–Trinajstić information content (AvgIpc) is 2.68. The maximum Gasteiger partial charge on any atom is 0.252 e. The molecule has 1 aliphatic heterocycles. The molecule has 0 bridgehead atoms. The number of amides is 1. The van der Waals surface area contributed by atoms with E-state index in [2.05, 4.69) is 42.1 Å². The van der Waals surface area contributed by atoms with Gasteiger partial charge in [0.25, 0.3) is 5.56 Å². The van der Waals surface area contributed by atoms with E-state index in [-0.39, 0.29) is 17.0 Å². The molecule has 0 saturated heterocycles. The molecule has 166 valence electrons. The second kappa shape index (κ2) is 8.10. The van der Waals surface area contributed by atoms with Crippen LogP contribution in [0.4, 0.5) is 17.3 Å². The Morgan fingerprint density at radius 3 is 2.56 bits per heavy atom. The Hall–Kier alpha value is -3.12. The van der Waals surface area contributed by atoms with Gasteiger partial charge < -0.3 is 10.2 Å². The van der Waals surface area contributed by atoms with Crippen molar-refractivity contribution in [1.29, 1.82) is 0 Å². The van der Waals surface area contributed by atoms with Crippen molar-refractivity contribution in [2.45, 2.75) is 52.5 Å². The highest BCUT2D eigenvalue weighted by molar-refractivity contribution is 6.30. The van der Waals surface area contributed by atoms with E-state index in [0.29, 0.717) is 22.6 Å². The van der Waals surface area contributed by atoms with Gasteiger partial charge in [0, 0.05) is 40.5 Å². The molecule has 3 aromatic rings. The number of hydrogen-bond donors (Lipinski definition) is 2. The van der Waals surface area contributed by atoms with Crippen molar-refractivity contribution in [2.75, 3.05) is 10.2 Å². The van der Waals surface area contributed by atoms with Gasteiger partial charge in [0.1, 0.15) is 0 Å². The van der Waals surface area contributed by atoms with E-state index >= 15 is 0 Å². The zero-order valence-corrected chi connectivity index (χ0v) is 19.7. The molecule has 1 aliphatic rings. The van der Waals surface area contributed by atoms with Crippen LogP contribution >= 0.6 is 11.6 Å². The monoisotopic (exact) mass is 450 g/mol. The summed E-state index contributed by atoms with van der Waals surface area (Å²) in [4.78, 5) is 34.3. The normalized spacial score (nSPS) is 17.1. The molecule has 4 rings (SSSR count). The number of aromatic amines is 1. The smallest absolute Gasteiger partial charge is 0.252 e. The lowest BCUT2D eigenvalue weighted by molar-refractivity contribution is -0.117. The molecule has 6 nitrogen and oxygen atoms in total. The number of halogens is 1. The van der Waals surface area contributed by atoms with Crippen molar-refractivity contribution >= 4 is 34.8 Å². The van der Waals surface area contributed by atoms with Crippen LogP contribution in [0.2, 0.25) is 5.02 Å². The van der Waals surface area contributed by atoms with Gasteiger partial charge in [-0.1, -0.05) is 24.6 Å². The molecule has 1 amide bonds. The minimum absolute atomic E-state index is 0.00177. The number of H-pyrrole nitrogens is 1. The third-order valence-electron chi connectivity index (χ3n) is 6.00. The van der Waals surface area contributed by atoms with Crippen LogP contribution in [0, 0.1) is 6.92 Å². The highest BCUT2D eigenvalue weighted by Crippen LogP contribution is 2.45. The van der Waals surface area contributed by atoms with Gasteiger partial charge in [0.2, 0.25) is 11.9 Å². The number of nitrogens with one attached hydrogen (secondary N) is 2. The van der Waals surface area contributed by atoms with E-state index in [1.165, 1.54) is 6.07 Å². The fourth-order valence-electron chi connectivity index (χ4n) is 4.78. The van der Waals surface area contributed by atoms with Gasteiger partial charge in [-0.2, -0.15) is 0 Å². The number of hydrogen-bond acceptors (Lipinski definition) is 4. The topological polar surface area (TPSA) is 78.1 Å². The Morgan fingerprint density at radius 2 is 1.91 bits per heavy atom. The number of rotatable bonds is 3. The second-order valence-electron chi connectivity index (χ2n) is 9.11. The number of anilines is 3. The fourth-order valence-corrected chi connectivity index (χ4v) is 4.91. The van der Waals surface area contributed by atoms with E-state index in [0.717, 1.165) is 34.5 Å². The Labute approximate surface area is 192 Å². The largest absolute Gasteiger partial charge is 0.326 e. The molecular formula is C25H27ClN4O2. The van der Waals surface area contributed by atoms with E-state index < -0.39 is 0 Å². The van der Waals surface area contributed by atoms with Crippen LogP contribution < -0.4 is 15.8 Å². The molecule has 32 heavy (non-hydrogen) atoms. The Morgan fingerprint density at radius 1 is 1.22 bits per heavy atom. The van der Waals surface area contributed by atoms with Crippen molar-refractivity contribution in [3.05, 3.63) is 69.0 Å². The minimum atomic E-state index is -0.298. The first kappa shape index (κ1) is 22.1. The first-order valence-electron chi connectivity index (χ1n) is 10.6. The lowest BCUT2D eigenvalue weighted by atomic mass is 9.78. The lowest BCUT2D eigenvalue weighted by Gasteiger charge is -2.46. The van der Waals surface area contributed by atoms with E-state index in [1.54, 1.807) is 19.1 Å². The molecule has 1 unspecified atom stereocenters. The Balaban J connectivity index is 1.81. The molecule has 0 aliphatic carbocycles. The molecule has 0 radical (unpaired) electrons. The number of carbonyl (C=O) groups excluding carboxylic acids is 1. The van der Waals surface area contributed by atoms with Crippen molar-refractivity contribution in [1.82, 2.24) is 9.97 Å². The van der Waals surface area contributed by atoms with E-state index in [9.17, 15) is 9.59 Å². The third-order valence-corrected chi connectivity index (χ3v) is 6.25. The number of aryl methyl sites for hydroxylation is 1. The highest BCUT2D eigenvalue weighted by atomic mass is 35.5. The summed E-state index contributed by atoms with van der Waals surface area (Å²) < 4.78 is 0. The summed E-state index contributed by atoms with van der Waals surface area (Å²) in [5.41, 5.74) is 4.61. The van der Waals surface area contributed by atoms with Gasteiger partial charge in [-0.05, 0) is 74.6 Å². The first-order valence-corrected chi connectivity index (χ1v) is 11.0. The number of aromatic nitrogens is 2. The third kappa shape index (κ3) is 4.15. The molecule has 1 atom stereocenters. The molecule has 2 aromatic carbocycles. The van der Waals surface area contributed by atoms with Crippen molar-refractivity contribution in [2.24, 2.45) is 0 Å². The second-order valence-corrected chi connectivity index (χ2v) is 9.55. The van der Waals surface area contributed by atoms with Crippen LogP contribution in [0.15, 0.2) is 47.3 Å². The van der Waals surface area contributed by atoms with Crippen LogP contribution in [0.1, 0.15) is 51.2 Å². The Bertz CT molecular complexity index is 1250. The standard InChI is InChI=1S/C25H27ClN4O2/c1-14-10-20-15(2)13-25(4,5)30(16(3)31)22(20)11-19(14)21-12-23(32)29-24(28-21)27-18-8-6-17(26)7-9-18/h6-12,15H,13H2,1-5H3,(H2,27,28,29,32). The number of fused-ring (bicyclic) bond motifs is 1. The summed E-state index contributed by atoms with van der Waals surface area (Å²) in [6, 6.07) is 12.8. The SMILES string of the molecule is CC(=O)N1c2cc(-c3cc(=O)[nH]c(Nc4ccc(Cl)cc4)n3)c(C)cc2C(C)CC1(C)C. The quantitative estimate of drug-likeness (QED) is 0.530. The van der Waals surface area contributed by atoms with Gasteiger partial charge >= 0.3 is 0 Å². The van der Waals surface area contributed by atoms with Crippen LogP contribution in [0.3, 0.4) is 0 Å². The predicted molar refractivity (Wildman–Crippen MR) is 130 cm³/mol. The first-order chi connectivity index (χ1) is 15.0.